The third-order valence-corrected chi connectivity index (χ3v) is 2.96. The number of rotatable bonds is 6. The number of benzene rings is 1. The lowest BCUT2D eigenvalue weighted by Crippen LogP contribution is -2.35. The Balaban J connectivity index is 1.99. The zero-order valence-corrected chi connectivity index (χ0v) is 13.1. The SMILES string of the molecule is CCc1noc(COc2ccccc2CNC(C)(C)C)n1. The molecule has 0 unspecified atom stereocenters. The third kappa shape index (κ3) is 4.86. The van der Waals surface area contributed by atoms with Gasteiger partial charge in [-0.2, -0.15) is 4.98 Å². The van der Waals surface area contributed by atoms with Gasteiger partial charge in [-0.25, -0.2) is 0 Å². The van der Waals surface area contributed by atoms with E-state index in [1.54, 1.807) is 0 Å². The minimum atomic E-state index is 0.0651. The number of para-hydroxylation sites is 1. The van der Waals surface area contributed by atoms with Gasteiger partial charge in [-0.3, -0.25) is 0 Å². The van der Waals surface area contributed by atoms with E-state index in [2.05, 4.69) is 42.3 Å². The Bertz CT molecular complexity index is 573. The Morgan fingerprint density at radius 1 is 1.24 bits per heavy atom. The van der Waals surface area contributed by atoms with Gasteiger partial charge in [0.15, 0.2) is 12.4 Å². The highest BCUT2D eigenvalue weighted by Gasteiger charge is 2.12. The topological polar surface area (TPSA) is 60.2 Å². The van der Waals surface area contributed by atoms with Crippen LogP contribution in [0.2, 0.25) is 0 Å². The summed E-state index contributed by atoms with van der Waals surface area (Å²) in [6.45, 7) is 9.45. The molecular weight excluding hydrogens is 266 g/mol. The maximum absolute atomic E-state index is 5.81. The summed E-state index contributed by atoms with van der Waals surface area (Å²) in [5.74, 6) is 2.05. The molecule has 114 valence electrons. The molecule has 1 aromatic carbocycles. The fraction of sp³-hybridized carbons (Fsp3) is 0.500. The highest BCUT2D eigenvalue weighted by molar-refractivity contribution is 5.33. The maximum atomic E-state index is 5.81. The van der Waals surface area contributed by atoms with Crippen LogP contribution in [-0.4, -0.2) is 15.7 Å². The summed E-state index contributed by atoms with van der Waals surface area (Å²) < 4.78 is 10.9. The summed E-state index contributed by atoms with van der Waals surface area (Å²) in [5.41, 5.74) is 1.18. The first kappa shape index (κ1) is 15.5. The van der Waals surface area contributed by atoms with E-state index in [0.29, 0.717) is 18.3 Å². The Hall–Kier alpha value is -1.88. The molecule has 0 saturated heterocycles. The van der Waals surface area contributed by atoms with E-state index in [1.807, 2.05) is 25.1 Å². The molecule has 0 amide bonds. The molecule has 0 aliphatic carbocycles. The summed E-state index contributed by atoms with van der Waals surface area (Å²) in [5, 5.41) is 7.32. The molecular formula is C16H23N3O2. The van der Waals surface area contributed by atoms with Crippen molar-refractivity contribution >= 4 is 0 Å². The molecule has 1 aromatic heterocycles. The van der Waals surface area contributed by atoms with Crippen molar-refractivity contribution in [1.82, 2.24) is 15.5 Å². The van der Waals surface area contributed by atoms with E-state index in [1.165, 1.54) is 0 Å². The molecule has 5 heteroatoms. The zero-order valence-electron chi connectivity index (χ0n) is 13.1. The standard InChI is InChI=1S/C16H23N3O2/c1-5-14-18-15(21-19-14)11-20-13-9-7-6-8-12(13)10-17-16(2,3)4/h6-9,17H,5,10-11H2,1-4H3. The van der Waals surface area contributed by atoms with Crippen molar-refractivity contribution < 1.29 is 9.26 Å². The van der Waals surface area contributed by atoms with Crippen LogP contribution in [-0.2, 0) is 19.6 Å². The van der Waals surface area contributed by atoms with Gasteiger partial charge >= 0.3 is 0 Å². The predicted octanol–water partition coefficient (Wildman–Crippen LogP) is 3.10. The molecule has 0 atom stereocenters. The first-order chi connectivity index (χ1) is 9.98. The Morgan fingerprint density at radius 2 is 2.00 bits per heavy atom. The lowest BCUT2D eigenvalue weighted by atomic mass is 10.1. The molecule has 0 saturated carbocycles. The maximum Gasteiger partial charge on any atom is 0.264 e. The van der Waals surface area contributed by atoms with Gasteiger partial charge in [-0.05, 0) is 26.8 Å². The molecule has 0 bridgehead atoms. The first-order valence-electron chi connectivity index (χ1n) is 7.25. The fourth-order valence-corrected chi connectivity index (χ4v) is 1.78. The number of aromatic nitrogens is 2. The summed E-state index contributed by atoms with van der Waals surface area (Å²) in [7, 11) is 0. The van der Waals surface area contributed by atoms with Crippen molar-refractivity contribution in [2.24, 2.45) is 0 Å². The minimum Gasteiger partial charge on any atom is -0.483 e. The van der Waals surface area contributed by atoms with Crippen LogP contribution in [0.15, 0.2) is 28.8 Å². The summed E-state index contributed by atoms with van der Waals surface area (Å²) in [6, 6.07) is 7.98. The molecule has 2 aromatic rings. The third-order valence-electron chi connectivity index (χ3n) is 2.96. The van der Waals surface area contributed by atoms with E-state index in [4.69, 9.17) is 9.26 Å². The molecule has 5 nitrogen and oxygen atoms in total. The lowest BCUT2D eigenvalue weighted by molar-refractivity contribution is 0.239. The normalized spacial score (nSPS) is 11.6. The van der Waals surface area contributed by atoms with E-state index >= 15 is 0 Å². The molecule has 2 rings (SSSR count). The van der Waals surface area contributed by atoms with Crippen molar-refractivity contribution in [3.63, 3.8) is 0 Å². The van der Waals surface area contributed by atoms with E-state index < -0.39 is 0 Å². The van der Waals surface area contributed by atoms with Gasteiger partial charge in [-0.1, -0.05) is 30.3 Å². The minimum absolute atomic E-state index is 0.0651. The van der Waals surface area contributed by atoms with E-state index in [-0.39, 0.29) is 5.54 Å². The van der Waals surface area contributed by atoms with Crippen LogP contribution in [0, 0.1) is 0 Å². The van der Waals surface area contributed by atoms with Gasteiger partial charge in [-0.15, -0.1) is 0 Å². The number of nitrogens with zero attached hydrogens (tertiary/aromatic N) is 2. The van der Waals surface area contributed by atoms with Crippen molar-refractivity contribution in [1.29, 1.82) is 0 Å². The van der Waals surface area contributed by atoms with Crippen LogP contribution in [0.4, 0.5) is 0 Å². The highest BCUT2D eigenvalue weighted by atomic mass is 16.5. The molecule has 1 heterocycles. The summed E-state index contributed by atoms with van der Waals surface area (Å²) in [6.07, 6.45) is 0.760. The van der Waals surface area contributed by atoms with Crippen LogP contribution in [0.3, 0.4) is 0 Å². The number of nitrogens with one attached hydrogen (secondary N) is 1. The van der Waals surface area contributed by atoms with Gasteiger partial charge in [0.2, 0.25) is 0 Å². The number of aryl methyl sites for hydroxylation is 1. The second-order valence-corrected chi connectivity index (χ2v) is 5.96. The van der Waals surface area contributed by atoms with Gasteiger partial charge < -0.3 is 14.6 Å². The van der Waals surface area contributed by atoms with Crippen molar-refractivity contribution in [2.45, 2.75) is 52.8 Å². The molecule has 0 aliphatic rings. The average Bonchev–Trinajstić information content (AvgIpc) is 2.91. The number of hydrogen-bond acceptors (Lipinski definition) is 5. The molecule has 0 aliphatic heterocycles. The zero-order chi connectivity index (χ0) is 15.3. The van der Waals surface area contributed by atoms with Crippen molar-refractivity contribution in [3.8, 4) is 5.75 Å². The lowest BCUT2D eigenvalue weighted by Gasteiger charge is -2.21. The van der Waals surface area contributed by atoms with Gasteiger partial charge in [0.25, 0.3) is 5.89 Å². The van der Waals surface area contributed by atoms with Gasteiger partial charge in [0, 0.05) is 24.1 Å². The van der Waals surface area contributed by atoms with E-state index in [0.717, 1.165) is 24.3 Å². The number of ether oxygens (including phenoxy) is 1. The molecule has 21 heavy (non-hydrogen) atoms. The Kier molecular flexibility index (Phi) is 4.96. The second kappa shape index (κ2) is 6.72. The second-order valence-electron chi connectivity index (χ2n) is 5.96. The smallest absolute Gasteiger partial charge is 0.264 e. The van der Waals surface area contributed by atoms with Gasteiger partial charge in [0.05, 0.1) is 0 Å². The first-order valence-corrected chi connectivity index (χ1v) is 7.25. The summed E-state index contributed by atoms with van der Waals surface area (Å²) in [4.78, 5) is 4.24. The van der Waals surface area contributed by atoms with Crippen LogP contribution >= 0.6 is 0 Å². The molecule has 0 fully saturated rings. The summed E-state index contributed by atoms with van der Waals surface area (Å²) >= 11 is 0. The monoisotopic (exact) mass is 289 g/mol. The average molecular weight is 289 g/mol. The molecule has 0 radical (unpaired) electrons. The highest BCUT2D eigenvalue weighted by Crippen LogP contribution is 2.19. The van der Waals surface area contributed by atoms with Gasteiger partial charge in [0.1, 0.15) is 5.75 Å². The molecule has 1 N–H and O–H groups in total. The van der Waals surface area contributed by atoms with Crippen molar-refractivity contribution in [3.05, 3.63) is 41.5 Å². The predicted molar refractivity (Wildman–Crippen MR) is 81.0 cm³/mol. The van der Waals surface area contributed by atoms with Crippen LogP contribution in [0.5, 0.6) is 5.75 Å². The van der Waals surface area contributed by atoms with Crippen molar-refractivity contribution in [2.75, 3.05) is 0 Å². The quantitative estimate of drug-likeness (QED) is 0.885. The van der Waals surface area contributed by atoms with Crippen LogP contribution < -0.4 is 10.1 Å². The molecule has 0 spiro atoms. The Morgan fingerprint density at radius 3 is 2.67 bits per heavy atom. The van der Waals surface area contributed by atoms with Crippen LogP contribution in [0.1, 0.15) is 45.0 Å². The Labute approximate surface area is 125 Å². The number of hydrogen-bond donors (Lipinski definition) is 1. The van der Waals surface area contributed by atoms with Crippen LogP contribution in [0.25, 0.3) is 0 Å². The largest absolute Gasteiger partial charge is 0.483 e. The van der Waals surface area contributed by atoms with E-state index in [9.17, 15) is 0 Å². The fourth-order valence-electron chi connectivity index (χ4n) is 1.78.